The molecule has 0 spiro atoms. The van der Waals surface area contributed by atoms with E-state index in [9.17, 15) is 0 Å². The Morgan fingerprint density at radius 2 is 2.13 bits per heavy atom. The molecule has 1 atom stereocenters. The van der Waals surface area contributed by atoms with Crippen LogP contribution in [0.4, 0.5) is 0 Å². The molecule has 1 fully saturated rings. The fourth-order valence-corrected chi connectivity index (χ4v) is 1.74. The Morgan fingerprint density at radius 3 is 2.73 bits per heavy atom. The molecule has 0 bridgehead atoms. The smallest absolute Gasteiger partial charge is 0.0666 e. The fraction of sp³-hybridized carbons (Fsp3) is 0.909. The number of rotatable bonds is 5. The Hall–Kier alpha value is -0.630. The Kier molecular flexibility index (Phi) is 5.62. The SMILES string of the molecule is CC(C#N)CN(C)CCN1CCOCC1. The summed E-state index contributed by atoms with van der Waals surface area (Å²) in [6.07, 6.45) is 0. The molecule has 0 aliphatic carbocycles. The summed E-state index contributed by atoms with van der Waals surface area (Å²) in [6.45, 7) is 8.75. The van der Waals surface area contributed by atoms with Gasteiger partial charge in [0.1, 0.15) is 0 Å². The van der Waals surface area contributed by atoms with E-state index < -0.39 is 0 Å². The lowest BCUT2D eigenvalue weighted by Gasteiger charge is -2.28. The minimum absolute atomic E-state index is 0.125. The van der Waals surface area contributed by atoms with Gasteiger partial charge in [-0.2, -0.15) is 5.26 Å². The van der Waals surface area contributed by atoms with Crippen LogP contribution in [0.15, 0.2) is 0 Å². The van der Waals surface area contributed by atoms with Crippen LogP contribution in [0.25, 0.3) is 0 Å². The zero-order chi connectivity index (χ0) is 11.1. The Bertz CT molecular complexity index is 208. The molecule has 0 saturated carbocycles. The summed E-state index contributed by atoms with van der Waals surface area (Å²) in [6, 6.07) is 2.26. The highest BCUT2D eigenvalue weighted by Crippen LogP contribution is 1.99. The topological polar surface area (TPSA) is 39.5 Å². The van der Waals surface area contributed by atoms with Gasteiger partial charge in [-0.15, -0.1) is 0 Å². The zero-order valence-electron chi connectivity index (χ0n) is 9.78. The number of morpholine rings is 1. The Balaban J connectivity index is 2.10. The van der Waals surface area contributed by atoms with Crippen molar-refractivity contribution < 1.29 is 4.74 Å². The van der Waals surface area contributed by atoms with Gasteiger partial charge in [0, 0.05) is 32.7 Å². The highest BCUT2D eigenvalue weighted by Gasteiger charge is 2.11. The largest absolute Gasteiger partial charge is 0.379 e. The number of ether oxygens (including phenoxy) is 1. The molecular formula is C11H21N3O. The van der Waals surface area contributed by atoms with Gasteiger partial charge in [0.2, 0.25) is 0 Å². The molecule has 4 nitrogen and oxygen atoms in total. The van der Waals surface area contributed by atoms with Crippen molar-refractivity contribution in [3.63, 3.8) is 0 Å². The van der Waals surface area contributed by atoms with Gasteiger partial charge in [-0.05, 0) is 14.0 Å². The molecule has 1 saturated heterocycles. The van der Waals surface area contributed by atoms with E-state index in [4.69, 9.17) is 10.00 Å². The second kappa shape index (κ2) is 6.78. The quantitative estimate of drug-likeness (QED) is 0.660. The first kappa shape index (κ1) is 12.4. The van der Waals surface area contributed by atoms with Crippen molar-refractivity contribution in [3.8, 4) is 6.07 Å². The molecule has 1 unspecified atom stereocenters. The molecular weight excluding hydrogens is 190 g/mol. The molecule has 0 amide bonds. The minimum Gasteiger partial charge on any atom is -0.379 e. The molecule has 1 rings (SSSR count). The Morgan fingerprint density at radius 1 is 1.47 bits per heavy atom. The normalized spacial score (nSPS) is 20.1. The van der Waals surface area contributed by atoms with Crippen LogP contribution in [0.5, 0.6) is 0 Å². The second-order valence-electron chi connectivity index (χ2n) is 4.25. The van der Waals surface area contributed by atoms with E-state index in [1.165, 1.54) is 0 Å². The molecule has 0 aromatic heterocycles. The third kappa shape index (κ3) is 5.12. The van der Waals surface area contributed by atoms with Crippen LogP contribution in [-0.2, 0) is 4.74 Å². The van der Waals surface area contributed by atoms with Gasteiger partial charge < -0.3 is 9.64 Å². The lowest BCUT2D eigenvalue weighted by Crippen LogP contribution is -2.41. The summed E-state index contributed by atoms with van der Waals surface area (Å²) in [5, 5.41) is 8.70. The first-order chi connectivity index (χ1) is 7.22. The summed E-state index contributed by atoms with van der Waals surface area (Å²) < 4.78 is 5.29. The summed E-state index contributed by atoms with van der Waals surface area (Å²) in [5.41, 5.74) is 0. The number of hydrogen-bond donors (Lipinski definition) is 0. The van der Waals surface area contributed by atoms with Crippen molar-refractivity contribution in [1.29, 1.82) is 5.26 Å². The fourth-order valence-electron chi connectivity index (χ4n) is 1.74. The minimum atomic E-state index is 0.125. The summed E-state index contributed by atoms with van der Waals surface area (Å²) in [7, 11) is 2.08. The number of likely N-dealkylation sites (N-methyl/N-ethyl adjacent to an activating group) is 1. The molecule has 1 heterocycles. The van der Waals surface area contributed by atoms with Gasteiger partial charge in [0.05, 0.1) is 25.2 Å². The van der Waals surface area contributed by atoms with Crippen molar-refractivity contribution in [1.82, 2.24) is 9.80 Å². The van der Waals surface area contributed by atoms with E-state index in [0.29, 0.717) is 0 Å². The second-order valence-corrected chi connectivity index (χ2v) is 4.25. The zero-order valence-corrected chi connectivity index (χ0v) is 9.78. The van der Waals surface area contributed by atoms with Crippen LogP contribution in [-0.4, -0.2) is 62.8 Å². The van der Waals surface area contributed by atoms with Crippen LogP contribution >= 0.6 is 0 Å². The lowest BCUT2D eigenvalue weighted by atomic mass is 10.2. The molecule has 1 aliphatic heterocycles. The van der Waals surface area contributed by atoms with E-state index in [0.717, 1.165) is 45.9 Å². The van der Waals surface area contributed by atoms with Crippen molar-refractivity contribution in [2.45, 2.75) is 6.92 Å². The van der Waals surface area contributed by atoms with Crippen LogP contribution in [0.2, 0.25) is 0 Å². The van der Waals surface area contributed by atoms with Gasteiger partial charge in [-0.25, -0.2) is 0 Å². The number of nitrogens with zero attached hydrogens (tertiary/aromatic N) is 3. The van der Waals surface area contributed by atoms with Crippen molar-refractivity contribution in [3.05, 3.63) is 0 Å². The van der Waals surface area contributed by atoms with E-state index in [1.54, 1.807) is 0 Å². The highest BCUT2D eigenvalue weighted by atomic mass is 16.5. The van der Waals surface area contributed by atoms with Crippen molar-refractivity contribution in [2.24, 2.45) is 5.92 Å². The average Bonchev–Trinajstić information content (AvgIpc) is 2.27. The summed E-state index contributed by atoms with van der Waals surface area (Å²) in [4.78, 5) is 4.64. The van der Waals surface area contributed by atoms with Crippen molar-refractivity contribution >= 4 is 0 Å². The van der Waals surface area contributed by atoms with Crippen LogP contribution < -0.4 is 0 Å². The lowest BCUT2D eigenvalue weighted by molar-refractivity contribution is 0.0342. The maximum Gasteiger partial charge on any atom is 0.0666 e. The predicted molar refractivity (Wildman–Crippen MR) is 59.5 cm³/mol. The van der Waals surface area contributed by atoms with E-state index in [1.807, 2.05) is 6.92 Å². The predicted octanol–water partition coefficient (Wildman–Crippen LogP) is 0.410. The molecule has 0 radical (unpaired) electrons. The van der Waals surface area contributed by atoms with Gasteiger partial charge in [-0.3, -0.25) is 4.90 Å². The summed E-state index contributed by atoms with van der Waals surface area (Å²) >= 11 is 0. The highest BCUT2D eigenvalue weighted by molar-refractivity contribution is 4.80. The molecule has 4 heteroatoms. The van der Waals surface area contributed by atoms with Crippen LogP contribution in [0.1, 0.15) is 6.92 Å². The molecule has 1 aliphatic rings. The maximum absolute atomic E-state index is 8.70. The van der Waals surface area contributed by atoms with Gasteiger partial charge in [0.15, 0.2) is 0 Å². The molecule has 0 aromatic carbocycles. The molecule has 15 heavy (non-hydrogen) atoms. The first-order valence-electron chi connectivity index (χ1n) is 5.60. The maximum atomic E-state index is 8.70. The van der Waals surface area contributed by atoms with E-state index >= 15 is 0 Å². The van der Waals surface area contributed by atoms with Crippen molar-refractivity contribution in [2.75, 3.05) is 53.0 Å². The molecule has 0 N–H and O–H groups in total. The van der Waals surface area contributed by atoms with E-state index in [-0.39, 0.29) is 5.92 Å². The monoisotopic (exact) mass is 211 g/mol. The van der Waals surface area contributed by atoms with Crippen LogP contribution in [0, 0.1) is 17.2 Å². The standard InChI is InChI=1S/C11H21N3O/c1-11(9-12)10-13(2)3-4-14-5-7-15-8-6-14/h11H,3-8,10H2,1-2H3. The van der Waals surface area contributed by atoms with Gasteiger partial charge in [0.25, 0.3) is 0 Å². The average molecular weight is 211 g/mol. The third-order valence-electron chi connectivity index (χ3n) is 2.71. The first-order valence-corrected chi connectivity index (χ1v) is 5.60. The summed E-state index contributed by atoms with van der Waals surface area (Å²) in [5.74, 6) is 0.125. The van der Waals surface area contributed by atoms with Gasteiger partial charge >= 0.3 is 0 Å². The van der Waals surface area contributed by atoms with Crippen LogP contribution in [0.3, 0.4) is 0 Å². The number of hydrogen-bond acceptors (Lipinski definition) is 4. The number of nitriles is 1. The van der Waals surface area contributed by atoms with E-state index in [2.05, 4.69) is 22.9 Å². The third-order valence-corrected chi connectivity index (χ3v) is 2.71. The Labute approximate surface area is 92.4 Å². The van der Waals surface area contributed by atoms with Gasteiger partial charge in [-0.1, -0.05) is 0 Å². The molecule has 86 valence electrons. The molecule has 0 aromatic rings.